The second-order valence-electron chi connectivity index (χ2n) is 4.11. The van der Waals surface area contributed by atoms with Gasteiger partial charge in [0, 0.05) is 0 Å². The minimum absolute atomic E-state index is 0. The molecule has 2 aromatic carbocycles. The van der Waals surface area contributed by atoms with Crippen LogP contribution in [-0.4, -0.2) is 15.0 Å². The molecule has 0 amide bonds. The van der Waals surface area contributed by atoms with E-state index in [4.69, 9.17) is 5.73 Å². The van der Waals surface area contributed by atoms with Gasteiger partial charge in [-0.3, -0.25) is 4.72 Å². The lowest BCUT2D eigenvalue weighted by Crippen LogP contribution is -2.15. The molecule has 0 aliphatic carbocycles. The first kappa shape index (κ1) is 16.2. The summed E-state index contributed by atoms with van der Waals surface area (Å²) in [6.07, 6.45) is 0.632. The molecule has 4 nitrogen and oxygen atoms in total. The quantitative estimate of drug-likeness (QED) is 0.889. The van der Waals surface area contributed by atoms with E-state index >= 15 is 0 Å². The first-order chi connectivity index (χ1) is 9.13. The third-order valence-electron chi connectivity index (χ3n) is 2.73. The molecule has 3 N–H and O–H groups in total. The molecule has 0 saturated carbocycles. The summed E-state index contributed by atoms with van der Waals surface area (Å²) in [5.41, 5.74) is 7.00. The average molecular weight is 292 g/mol. The monoisotopic (exact) mass is 292 g/mol. The Morgan fingerprint density at radius 3 is 2.20 bits per heavy atom. The number of sulfonamides is 1. The molecule has 0 unspecified atom stereocenters. The Bertz CT molecular complexity index is 640. The highest BCUT2D eigenvalue weighted by molar-refractivity contribution is 7.92. The van der Waals surface area contributed by atoms with Crippen LogP contribution in [0.15, 0.2) is 59.5 Å². The van der Waals surface area contributed by atoms with Crippen LogP contribution in [0.25, 0.3) is 0 Å². The number of benzene rings is 2. The van der Waals surface area contributed by atoms with Gasteiger partial charge in [0.05, 0.1) is 10.6 Å². The number of nitrogens with two attached hydrogens (primary N) is 1. The van der Waals surface area contributed by atoms with Gasteiger partial charge in [-0.25, -0.2) is 8.42 Å². The Kier molecular flexibility index (Phi) is 5.73. The van der Waals surface area contributed by atoms with E-state index in [0.29, 0.717) is 18.7 Å². The fourth-order valence-electron chi connectivity index (χ4n) is 1.80. The van der Waals surface area contributed by atoms with Crippen LogP contribution in [0.4, 0.5) is 5.69 Å². The van der Waals surface area contributed by atoms with Gasteiger partial charge in [-0.15, -0.1) is 0 Å². The van der Waals surface area contributed by atoms with Gasteiger partial charge in [0.25, 0.3) is 10.0 Å². The third-order valence-corrected chi connectivity index (χ3v) is 4.11. The minimum atomic E-state index is -3.54. The summed E-state index contributed by atoms with van der Waals surface area (Å²) in [5.74, 6) is 0. The SMILES string of the molecule is C.NCCc1ccccc1NS(=O)(=O)c1ccccc1. The van der Waals surface area contributed by atoms with E-state index in [-0.39, 0.29) is 12.3 Å². The second kappa shape index (κ2) is 7.07. The van der Waals surface area contributed by atoms with E-state index in [2.05, 4.69) is 4.72 Å². The number of anilines is 1. The normalized spacial score (nSPS) is 10.7. The fourth-order valence-corrected chi connectivity index (χ4v) is 2.92. The summed E-state index contributed by atoms with van der Waals surface area (Å²) in [6.45, 7) is 0.476. The molecule has 0 aliphatic heterocycles. The zero-order valence-electron chi connectivity index (χ0n) is 10.4. The number of rotatable bonds is 5. The molecule has 20 heavy (non-hydrogen) atoms. The van der Waals surface area contributed by atoms with Crippen LogP contribution in [-0.2, 0) is 16.4 Å². The first-order valence-corrected chi connectivity index (χ1v) is 7.47. The van der Waals surface area contributed by atoms with Crippen molar-refractivity contribution in [2.45, 2.75) is 18.7 Å². The molecule has 0 heterocycles. The van der Waals surface area contributed by atoms with Crippen molar-refractivity contribution in [3.05, 3.63) is 60.2 Å². The van der Waals surface area contributed by atoms with Crippen molar-refractivity contribution in [2.24, 2.45) is 5.73 Å². The van der Waals surface area contributed by atoms with Gasteiger partial charge in [-0.1, -0.05) is 43.8 Å². The van der Waals surface area contributed by atoms with Gasteiger partial charge in [0.2, 0.25) is 0 Å². The molecule has 0 spiro atoms. The number of hydrogen-bond acceptors (Lipinski definition) is 3. The van der Waals surface area contributed by atoms with Gasteiger partial charge >= 0.3 is 0 Å². The number of nitrogens with one attached hydrogen (secondary N) is 1. The molecule has 0 aliphatic rings. The fraction of sp³-hybridized carbons (Fsp3) is 0.200. The standard InChI is InChI=1S/C14H16N2O2S.CH4/c15-11-10-12-6-4-5-9-14(12)16-19(17,18)13-7-2-1-3-8-13;/h1-9,16H,10-11,15H2;1H4. The molecular weight excluding hydrogens is 272 g/mol. The summed E-state index contributed by atoms with van der Waals surface area (Å²) in [7, 11) is -3.54. The predicted molar refractivity (Wildman–Crippen MR) is 83.2 cm³/mol. The van der Waals surface area contributed by atoms with E-state index in [1.165, 1.54) is 0 Å². The second-order valence-corrected chi connectivity index (χ2v) is 5.80. The van der Waals surface area contributed by atoms with Crippen molar-refractivity contribution in [1.29, 1.82) is 0 Å². The van der Waals surface area contributed by atoms with E-state index < -0.39 is 10.0 Å². The third kappa shape index (κ3) is 3.82. The zero-order chi connectivity index (χ0) is 13.7. The molecule has 108 valence electrons. The molecule has 2 aromatic rings. The van der Waals surface area contributed by atoms with E-state index in [1.54, 1.807) is 42.5 Å². The summed E-state index contributed by atoms with van der Waals surface area (Å²) in [6, 6.07) is 15.6. The maximum Gasteiger partial charge on any atom is 0.261 e. The van der Waals surface area contributed by atoms with E-state index in [9.17, 15) is 8.42 Å². The average Bonchev–Trinajstić information content (AvgIpc) is 2.42. The Hall–Kier alpha value is -1.85. The van der Waals surface area contributed by atoms with Gasteiger partial charge < -0.3 is 5.73 Å². The van der Waals surface area contributed by atoms with Gasteiger partial charge in [-0.05, 0) is 36.7 Å². The molecule has 5 heteroatoms. The molecule has 0 bridgehead atoms. The Balaban J connectivity index is 0.00000200. The van der Waals surface area contributed by atoms with Crippen molar-refractivity contribution in [1.82, 2.24) is 0 Å². The van der Waals surface area contributed by atoms with Crippen LogP contribution in [0.1, 0.15) is 13.0 Å². The molecule has 0 saturated heterocycles. The molecule has 0 fully saturated rings. The highest BCUT2D eigenvalue weighted by Gasteiger charge is 2.14. The highest BCUT2D eigenvalue weighted by atomic mass is 32.2. The predicted octanol–water partition coefficient (Wildman–Crippen LogP) is 2.62. The summed E-state index contributed by atoms with van der Waals surface area (Å²) < 4.78 is 27.0. The maximum absolute atomic E-state index is 12.2. The van der Waals surface area contributed by atoms with Crippen molar-refractivity contribution < 1.29 is 8.42 Å². The molecule has 0 atom stereocenters. The van der Waals surface area contributed by atoms with Crippen LogP contribution in [0.3, 0.4) is 0 Å². The molecule has 0 aromatic heterocycles. The first-order valence-electron chi connectivity index (χ1n) is 5.99. The minimum Gasteiger partial charge on any atom is -0.330 e. The van der Waals surface area contributed by atoms with Crippen LogP contribution >= 0.6 is 0 Å². The van der Waals surface area contributed by atoms with Gasteiger partial charge in [-0.2, -0.15) is 0 Å². The van der Waals surface area contributed by atoms with Crippen LogP contribution in [0, 0.1) is 0 Å². The topological polar surface area (TPSA) is 72.2 Å². The molecule has 2 rings (SSSR count). The lowest BCUT2D eigenvalue weighted by Gasteiger charge is -2.12. The van der Waals surface area contributed by atoms with Crippen molar-refractivity contribution in [2.75, 3.05) is 11.3 Å². The van der Waals surface area contributed by atoms with Crippen LogP contribution < -0.4 is 10.5 Å². The van der Waals surface area contributed by atoms with Crippen molar-refractivity contribution in [3.63, 3.8) is 0 Å². The van der Waals surface area contributed by atoms with Crippen LogP contribution in [0.2, 0.25) is 0 Å². The lowest BCUT2D eigenvalue weighted by atomic mass is 10.1. The number of para-hydroxylation sites is 1. The van der Waals surface area contributed by atoms with Crippen molar-refractivity contribution >= 4 is 15.7 Å². The van der Waals surface area contributed by atoms with Gasteiger partial charge in [0.1, 0.15) is 0 Å². The Morgan fingerprint density at radius 2 is 1.55 bits per heavy atom. The Labute approximate surface area is 120 Å². The molecule has 0 radical (unpaired) electrons. The summed E-state index contributed by atoms with van der Waals surface area (Å²) in [5, 5.41) is 0. The largest absolute Gasteiger partial charge is 0.330 e. The van der Waals surface area contributed by atoms with E-state index in [1.807, 2.05) is 12.1 Å². The lowest BCUT2D eigenvalue weighted by molar-refractivity contribution is 0.601. The van der Waals surface area contributed by atoms with E-state index in [0.717, 1.165) is 5.56 Å². The Morgan fingerprint density at radius 1 is 0.950 bits per heavy atom. The summed E-state index contributed by atoms with van der Waals surface area (Å²) >= 11 is 0. The highest BCUT2D eigenvalue weighted by Crippen LogP contribution is 2.20. The van der Waals surface area contributed by atoms with Gasteiger partial charge in [0.15, 0.2) is 0 Å². The van der Waals surface area contributed by atoms with Crippen molar-refractivity contribution in [3.8, 4) is 0 Å². The maximum atomic E-state index is 12.2. The number of hydrogen-bond donors (Lipinski definition) is 2. The smallest absolute Gasteiger partial charge is 0.261 e. The molecular formula is C15H20N2O2S. The summed E-state index contributed by atoms with van der Waals surface area (Å²) in [4.78, 5) is 0.248. The van der Waals surface area contributed by atoms with Crippen LogP contribution in [0.5, 0.6) is 0 Å². The zero-order valence-corrected chi connectivity index (χ0v) is 11.2.